The highest BCUT2D eigenvalue weighted by Crippen LogP contribution is 1.94. The van der Waals surface area contributed by atoms with Crippen molar-refractivity contribution in [3.05, 3.63) is 37.0 Å². The highest BCUT2D eigenvalue weighted by atomic mass is 16.5. The van der Waals surface area contributed by atoms with E-state index in [1.54, 1.807) is 6.08 Å². The van der Waals surface area contributed by atoms with Crippen molar-refractivity contribution in [1.29, 1.82) is 0 Å². The van der Waals surface area contributed by atoms with Gasteiger partial charge >= 0.3 is 0 Å². The Labute approximate surface area is 73.9 Å². The lowest BCUT2D eigenvalue weighted by atomic mass is 10.3. The van der Waals surface area contributed by atoms with Gasteiger partial charge in [0.15, 0.2) is 0 Å². The highest BCUT2D eigenvalue weighted by molar-refractivity contribution is 5.18. The zero-order valence-electron chi connectivity index (χ0n) is 7.33. The first kappa shape index (κ1) is 11.1. The van der Waals surface area contributed by atoms with Crippen molar-refractivity contribution in [3.63, 3.8) is 0 Å². The molecular formula is C10H16O2. The molecule has 2 nitrogen and oxygen atoms in total. The molecule has 0 radical (unpaired) electrons. The zero-order valence-corrected chi connectivity index (χ0v) is 7.33. The van der Waals surface area contributed by atoms with Crippen molar-refractivity contribution in [3.8, 4) is 0 Å². The summed E-state index contributed by atoms with van der Waals surface area (Å²) in [4.78, 5) is 0. The summed E-state index contributed by atoms with van der Waals surface area (Å²) in [5.41, 5.74) is 0.910. The van der Waals surface area contributed by atoms with Gasteiger partial charge in [0, 0.05) is 13.2 Å². The van der Waals surface area contributed by atoms with Crippen LogP contribution in [0.2, 0.25) is 0 Å². The fraction of sp³-hybridized carbons (Fsp3) is 0.400. The van der Waals surface area contributed by atoms with Gasteiger partial charge in [0.25, 0.3) is 0 Å². The molecule has 0 amide bonds. The van der Waals surface area contributed by atoms with Crippen molar-refractivity contribution in [1.82, 2.24) is 0 Å². The number of aliphatic hydroxyl groups excluding tert-OH is 1. The van der Waals surface area contributed by atoms with E-state index in [0.717, 1.165) is 5.57 Å². The van der Waals surface area contributed by atoms with Crippen LogP contribution in [0.1, 0.15) is 6.42 Å². The van der Waals surface area contributed by atoms with Gasteiger partial charge in [-0.15, -0.1) is 0 Å². The molecule has 12 heavy (non-hydrogen) atoms. The molecule has 0 saturated heterocycles. The number of ether oxygens (including phenoxy) is 1. The van der Waals surface area contributed by atoms with Crippen molar-refractivity contribution in [2.24, 2.45) is 0 Å². The predicted molar refractivity (Wildman–Crippen MR) is 51.0 cm³/mol. The third kappa shape index (κ3) is 7.25. The second-order valence-electron chi connectivity index (χ2n) is 2.38. The van der Waals surface area contributed by atoms with E-state index >= 15 is 0 Å². The third-order valence-corrected chi connectivity index (χ3v) is 1.20. The van der Waals surface area contributed by atoms with Crippen molar-refractivity contribution >= 4 is 0 Å². The minimum Gasteiger partial charge on any atom is -0.396 e. The molecule has 0 heterocycles. The first-order chi connectivity index (χ1) is 5.81. The SMILES string of the molecule is C=C/C=C\C(=C)COCCCO. The van der Waals surface area contributed by atoms with Gasteiger partial charge in [-0.2, -0.15) is 0 Å². The maximum absolute atomic E-state index is 8.44. The summed E-state index contributed by atoms with van der Waals surface area (Å²) < 4.78 is 5.19. The molecule has 0 saturated carbocycles. The Morgan fingerprint density at radius 1 is 1.50 bits per heavy atom. The van der Waals surface area contributed by atoms with E-state index in [0.29, 0.717) is 19.6 Å². The van der Waals surface area contributed by atoms with E-state index in [-0.39, 0.29) is 6.61 Å². The van der Waals surface area contributed by atoms with Gasteiger partial charge in [0.1, 0.15) is 0 Å². The average Bonchev–Trinajstić information content (AvgIpc) is 2.09. The van der Waals surface area contributed by atoms with Crippen LogP contribution in [0, 0.1) is 0 Å². The molecular weight excluding hydrogens is 152 g/mol. The summed E-state index contributed by atoms with van der Waals surface area (Å²) >= 11 is 0. The van der Waals surface area contributed by atoms with Crippen LogP contribution in [0.15, 0.2) is 37.0 Å². The fourth-order valence-electron chi connectivity index (χ4n) is 0.622. The maximum atomic E-state index is 8.44. The highest BCUT2D eigenvalue weighted by Gasteiger charge is 1.88. The zero-order chi connectivity index (χ0) is 9.23. The predicted octanol–water partition coefficient (Wildman–Crippen LogP) is 1.68. The topological polar surface area (TPSA) is 29.5 Å². The van der Waals surface area contributed by atoms with Crippen LogP contribution in [0.3, 0.4) is 0 Å². The summed E-state index contributed by atoms with van der Waals surface area (Å²) in [5.74, 6) is 0. The molecule has 0 atom stereocenters. The minimum absolute atomic E-state index is 0.176. The summed E-state index contributed by atoms with van der Waals surface area (Å²) in [6, 6.07) is 0. The molecule has 0 aromatic carbocycles. The number of hydrogen-bond acceptors (Lipinski definition) is 2. The summed E-state index contributed by atoms with van der Waals surface area (Å²) in [5, 5.41) is 8.44. The molecule has 1 N–H and O–H groups in total. The Morgan fingerprint density at radius 3 is 2.83 bits per heavy atom. The number of aliphatic hydroxyl groups is 1. The first-order valence-corrected chi connectivity index (χ1v) is 3.96. The molecule has 0 rings (SSSR count). The molecule has 0 fully saturated rings. The van der Waals surface area contributed by atoms with Gasteiger partial charge in [0.2, 0.25) is 0 Å². The summed E-state index contributed by atoms with van der Waals surface area (Å²) in [6.07, 6.45) is 6.04. The lowest BCUT2D eigenvalue weighted by Gasteiger charge is -2.01. The maximum Gasteiger partial charge on any atom is 0.0711 e. The van der Waals surface area contributed by atoms with Gasteiger partial charge in [-0.05, 0) is 12.0 Å². The molecule has 0 aromatic heterocycles. The number of hydrogen-bond donors (Lipinski definition) is 1. The minimum atomic E-state index is 0.176. The van der Waals surface area contributed by atoms with Gasteiger partial charge in [-0.25, -0.2) is 0 Å². The van der Waals surface area contributed by atoms with Crippen LogP contribution in [-0.2, 0) is 4.74 Å². The van der Waals surface area contributed by atoms with E-state index in [1.165, 1.54) is 0 Å². The third-order valence-electron chi connectivity index (χ3n) is 1.20. The second kappa shape index (κ2) is 8.24. The van der Waals surface area contributed by atoms with Crippen molar-refractivity contribution in [2.45, 2.75) is 6.42 Å². The first-order valence-electron chi connectivity index (χ1n) is 3.96. The van der Waals surface area contributed by atoms with E-state index in [4.69, 9.17) is 9.84 Å². The molecule has 0 aliphatic carbocycles. The van der Waals surface area contributed by atoms with E-state index in [9.17, 15) is 0 Å². The summed E-state index contributed by atoms with van der Waals surface area (Å²) in [7, 11) is 0. The standard InChI is InChI=1S/C10H16O2/c1-3-4-6-10(2)9-12-8-5-7-11/h3-4,6,11H,1-2,5,7-9H2/b6-4-. The Kier molecular flexibility index (Phi) is 7.65. The Bertz CT molecular complexity index is 159. The lowest BCUT2D eigenvalue weighted by Crippen LogP contribution is -1.99. The molecule has 0 unspecified atom stereocenters. The van der Waals surface area contributed by atoms with Gasteiger partial charge in [-0.3, -0.25) is 0 Å². The Balaban J connectivity index is 3.31. The number of rotatable bonds is 7. The van der Waals surface area contributed by atoms with Crippen LogP contribution < -0.4 is 0 Å². The molecule has 0 aliphatic rings. The van der Waals surface area contributed by atoms with Crippen LogP contribution in [0.5, 0.6) is 0 Å². The van der Waals surface area contributed by atoms with E-state index < -0.39 is 0 Å². The van der Waals surface area contributed by atoms with Crippen LogP contribution in [0.25, 0.3) is 0 Å². The van der Waals surface area contributed by atoms with Crippen molar-refractivity contribution in [2.75, 3.05) is 19.8 Å². The van der Waals surface area contributed by atoms with Gasteiger partial charge in [0.05, 0.1) is 6.61 Å². The molecule has 2 heteroatoms. The lowest BCUT2D eigenvalue weighted by molar-refractivity contribution is 0.135. The van der Waals surface area contributed by atoms with E-state index in [2.05, 4.69) is 13.2 Å². The molecule has 0 spiro atoms. The molecule has 0 aliphatic heterocycles. The average molecular weight is 168 g/mol. The largest absolute Gasteiger partial charge is 0.396 e. The van der Waals surface area contributed by atoms with Gasteiger partial charge < -0.3 is 9.84 Å². The quantitative estimate of drug-likeness (QED) is 0.463. The smallest absolute Gasteiger partial charge is 0.0711 e. The Morgan fingerprint density at radius 2 is 2.25 bits per heavy atom. The normalized spacial score (nSPS) is 10.4. The van der Waals surface area contributed by atoms with Crippen molar-refractivity contribution < 1.29 is 9.84 Å². The van der Waals surface area contributed by atoms with Gasteiger partial charge in [-0.1, -0.05) is 31.4 Å². The van der Waals surface area contributed by atoms with Crippen LogP contribution in [0.4, 0.5) is 0 Å². The monoisotopic (exact) mass is 168 g/mol. The molecule has 0 bridgehead atoms. The Hall–Kier alpha value is -0.860. The summed E-state index contributed by atoms with van der Waals surface area (Å²) in [6.45, 7) is 8.58. The second-order valence-corrected chi connectivity index (χ2v) is 2.38. The van der Waals surface area contributed by atoms with E-state index in [1.807, 2.05) is 12.2 Å². The van der Waals surface area contributed by atoms with Crippen LogP contribution >= 0.6 is 0 Å². The number of allylic oxidation sites excluding steroid dienone is 2. The molecule has 68 valence electrons. The molecule has 0 aromatic rings. The fourth-order valence-corrected chi connectivity index (χ4v) is 0.622. The van der Waals surface area contributed by atoms with Crippen LogP contribution in [-0.4, -0.2) is 24.9 Å².